The summed E-state index contributed by atoms with van der Waals surface area (Å²) in [5.74, 6) is 0. The molecule has 0 atom stereocenters. The third kappa shape index (κ3) is 2.93. The van der Waals surface area contributed by atoms with E-state index in [1.54, 1.807) is 0 Å². The Morgan fingerprint density at radius 1 is 1.33 bits per heavy atom. The third-order valence-corrected chi connectivity index (χ3v) is 3.61. The molecule has 0 saturated heterocycles. The molecule has 2 saturated carbocycles. The van der Waals surface area contributed by atoms with Gasteiger partial charge in [0.15, 0.2) is 0 Å². The maximum Gasteiger partial charge on any atom is 0.0774 e. The number of hydrogen-bond acceptors (Lipinski definition) is 3. The number of nitrogens with zero attached hydrogens (tertiary/aromatic N) is 2. The van der Waals surface area contributed by atoms with Gasteiger partial charge in [0, 0.05) is 25.6 Å². The number of hydrogen-bond donors (Lipinski definition) is 1. The first-order valence-electron chi connectivity index (χ1n) is 6.07. The monoisotopic (exact) mass is 208 g/mol. The summed E-state index contributed by atoms with van der Waals surface area (Å²) >= 11 is 0. The SMILES string of the molecule is N#CCCN(CC1(O)CCCC1)C1CC1. The lowest BCUT2D eigenvalue weighted by atomic mass is 10.0. The number of aliphatic hydroxyl groups is 1. The predicted molar refractivity (Wildman–Crippen MR) is 58.2 cm³/mol. The van der Waals surface area contributed by atoms with Crippen LogP contribution >= 0.6 is 0 Å². The summed E-state index contributed by atoms with van der Waals surface area (Å²) in [4.78, 5) is 2.33. The van der Waals surface area contributed by atoms with Gasteiger partial charge in [0.05, 0.1) is 11.7 Å². The summed E-state index contributed by atoms with van der Waals surface area (Å²) < 4.78 is 0. The fourth-order valence-corrected chi connectivity index (χ4v) is 2.59. The largest absolute Gasteiger partial charge is 0.389 e. The highest BCUT2D eigenvalue weighted by Gasteiger charge is 2.37. The van der Waals surface area contributed by atoms with E-state index in [0.717, 1.165) is 38.8 Å². The quantitative estimate of drug-likeness (QED) is 0.747. The maximum absolute atomic E-state index is 10.3. The maximum atomic E-state index is 10.3. The van der Waals surface area contributed by atoms with Crippen LogP contribution in [0.2, 0.25) is 0 Å². The van der Waals surface area contributed by atoms with E-state index in [0.29, 0.717) is 12.5 Å². The van der Waals surface area contributed by atoms with E-state index < -0.39 is 5.60 Å². The van der Waals surface area contributed by atoms with E-state index in [1.807, 2.05) is 0 Å². The van der Waals surface area contributed by atoms with Gasteiger partial charge in [-0.2, -0.15) is 5.26 Å². The molecule has 84 valence electrons. The second-order valence-corrected chi connectivity index (χ2v) is 5.04. The van der Waals surface area contributed by atoms with Crippen molar-refractivity contribution in [1.82, 2.24) is 4.90 Å². The van der Waals surface area contributed by atoms with Crippen molar-refractivity contribution >= 4 is 0 Å². The molecular formula is C12H20N2O. The molecule has 2 aliphatic carbocycles. The standard InChI is InChI=1S/C12H20N2O/c13-8-3-9-14(11-4-5-11)10-12(15)6-1-2-7-12/h11,15H,1-7,9-10H2. The Bertz CT molecular complexity index is 249. The molecule has 2 aliphatic rings. The lowest BCUT2D eigenvalue weighted by Crippen LogP contribution is -2.42. The van der Waals surface area contributed by atoms with Crippen molar-refractivity contribution in [3.05, 3.63) is 0 Å². The van der Waals surface area contributed by atoms with Crippen molar-refractivity contribution in [2.45, 2.75) is 56.6 Å². The molecule has 0 amide bonds. The molecule has 2 fully saturated rings. The highest BCUT2D eigenvalue weighted by Crippen LogP contribution is 2.34. The molecule has 0 radical (unpaired) electrons. The van der Waals surface area contributed by atoms with Crippen molar-refractivity contribution in [3.63, 3.8) is 0 Å². The van der Waals surface area contributed by atoms with Gasteiger partial charge in [-0.05, 0) is 25.7 Å². The average Bonchev–Trinajstić information content (AvgIpc) is 2.98. The molecule has 15 heavy (non-hydrogen) atoms. The summed E-state index contributed by atoms with van der Waals surface area (Å²) in [6.07, 6.45) is 7.31. The Morgan fingerprint density at radius 3 is 2.53 bits per heavy atom. The first-order valence-corrected chi connectivity index (χ1v) is 6.07. The van der Waals surface area contributed by atoms with Crippen LogP contribution in [0.3, 0.4) is 0 Å². The van der Waals surface area contributed by atoms with E-state index in [1.165, 1.54) is 12.8 Å². The molecule has 1 N–H and O–H groups in total. The van der Waals surface area contributed by atoms with E-state index in [9.17, 15) is 5.11 Å². The van der Waals surface area contributed by atoms with Gasteiger partial charge in [0.2, 0.25) is 0 Å². The van der Waals surface area contributed by atoms with Crippen LogP contribution in [0.4, 0.5) is 0 Å². The van der Waals surface area contributed by atoms with Crippen LogP contribution in [-0.4, -0.2) is 34.7 Å². The molecule has 0 aromatic carbocycles. The summed E-state index contributed by atoms with van der Waals surface area (Å²) in [5.41, 5.74) is -0.446. The minimum absolute atomic E-state index is 0.446. The number of rotatable bonds is 5. The molecule has 3 nitrogen and oxygen atoms in total. The van der Waals surface area contributed by atoms with Gasteiger partial charge in [0.1, 0.15) is 0 Å². The van der Waals surface area contributed by atoms with Gasteiger partial charge in [0.25, 0.3) is 0 Å². The van der Waals surface area contributed by atoms with E-state index in [-0.39, 0.29) is 0 Å². The third-order valence-electron chi connectivity index (χ3n) is 3.61. The summed E-state index contributed by atoms with van der Waals surface area (Å²) in [6.45, 7) is 1.63. The smallest absolute Gasteiger partial charge is 0.0774 e. The minimum Gasteiger partial charge on any atom is -0.389 e. The van der Waals surface area contributed by atoms with Crippen LogP contribution < -0.4 is 0 Å². The first-order chi connectivity index (χ1) is 7.23. The molecule has 0 unspecified atom stereocenters. The van der Waals surface area contributed by atoms with Crippen LogP contribution in [0.25, 0.3) is 0 Å². The van der Waals surface area contributed by atoms with Crippen molar-refractivity contribution in [1.29, 1.82) is 5.26 Å². The topological polar surface area (TPSA) is 47.3 Å². The van der Waals surface area contributed by atoms with Gasteiger partial charge in [-0.25, -0.2) is 0 Å². The van der Waals surface area contributed by atoms with Crippen molar-refractivity contribution in [2.24, 2.45) is 0 Å². The van der Waals surface area contributed by atoms with E-state index in [2.05, 4.69) is 11.0 Å². The minimum atomic E-state index is -0.446. The van der Waals surface area contributed by atoms with Gasteiger partial charge >= 0.3 is 0 Å². The Hall–Kier alpha value is -0.590. The molecule has 0 aliphatic heterocycles. The molecular weight excluding hydrogens is 188 g/mol. The van der Waals surface area contributed by atoms with Gasteiger partial charge < -0.3 is 5.11 Å². The lowest BCUT2D eigenvalue weighted by Gasteiger charge is -2.30. The van der Waals surface area contributed by atoms with Crippen molar-refractivity contribution < 1.29 is 5.11 Å². The summed E-state index contributed by atoms with van der Waals surface area (Å²) in [5, 5.41) is 18.9. The normalized spacial score (nSPS) is 24.3. The molecule has 0 aromatic heterocycles. The van der Waals surface area contributed by atoms with Crippen LogP contribution in [0, 0.1) is 11.3 Å². The second-order valence-electron chi connectivity index (χ2n) is 5.04. The fourth-order valence-electron chi connectivity index (χ4n) is 2.59. The Labute approximate surface area is 91.7 Å². The summed E-state index contributed by atoms with van der Waals surface area (Å²) in [7, 11) is 0. The Kier molecular flexibility index (Phi) is 3.28. The average molecular weight is 208 g/mol. The van der Waals surface area contributed by atoms with Gasteiger partial charge in [-0.1, -0.05) is 12.8 Å². The highest BCUT2D eigenvalue weighted by molar-refractivity contribution is 4.93. The van der Waals surface area contributed by atoms with E-state index >= 15 is 0 Å². The van der Waals surface area contributed by atoms with E-state index in [4.69, 9.17) is 5.26 Å². The zero-order valence-corrected chi connectivity index (χ0v) is 9.28. The van der Waals surface area contributed by atoms with Crippen molar-refractivity contribution in [3.8, 4) is 6.07 Å². The fraction of sp³-hybridized carbons (Fsp3) is 0.917. The molecule has 0 heterocycles. The Balaban J connectivity index is 1.85. The van der Waals surface area contributed by atoms with Gasteiger partial charge in [-0.15, -0.1) is 0 Å². The van der Waals surface area contributed by atoms with Gasteiger partial charge in [-0.3, -0.25) is 4.90 Å². The molecule has 3 heteroatoms. The van der Waals surface area contributed by atoms with Crippen LogP contribution in [0.15, 0.2) is 0 Å². The zero-order valence-electron chi connectivity index (χ0n) is 9.28. The molecule has 0 spiro atoms. The second kappa shape index (κ2) is 4.51. The van der Waals surface area contributed by atoms with Crippen LogP contribution in [0.1, 0.15) is 44.9 Å². The Morgan fingerprint density at radius 2 is 2.00 bits per heavy atom. The molecule has 0 bridgehead atoms. The predicted octanol–water partition coefficient (Wildman–Crippen LogP) is 1.67. The number of nitriles is 1. The lowest BCUT2D eigenvalue weighted by molar-refractivity contribution is 0.00742. The highest BCUT2D eigenvalue weighted by atomic mass is 16.3. The van der Waals surface area contributed by atoms with Crippen LogP contribution in [0.5, 0.6) is 0 Å². The van der Waals surface area contributed by atoms with Crippen molar-refractivity contribution in [2.75, 3.05) is 13.1 Å². The zero-order chi connectivity index (χ0) is 10.7. The van der Waals surface area contributed by atoms with Crippen LogP contribution in [-0.2, 0) is 0 Å². The summed E-state index contributed by atoms with van der Waals surface area (Å²) in [6, 6.07) is 2.85. The molecule has 2 rings (SSSR count). The molecule has 0 aromatic rings. The first kappa shape index (κ1) is 10.9.